The van der Waals surface area contributed by atoms with Gasteiger partial charge in [0.1, 0.15) is 17.1 Å². The van der Waals surface area contributed by atoms with Gasteiger partial charge in [-0.05, 0) is 37.1 Å². The lowest BCUT2D eigenvalue weighted by atomic mass is 10.1. The Labute approximate surface area is 136 Å². The second-order valence-electron chi connectivity index (χ2n) is 4.89. The molecule has 6 heteroatoms. The van der Waals surface area contributed by atoms with Gasteiger partial charge in [0.2, 0.25) is 5.91 Å². The SMILES string of the molecule is Cc1oc(CNC(=O)CCc2cccc(Br)c2)cc1C(=O)O. The Balaban J connectivity index is 1.83. The number of aromatic carboxylic acids is 1. The van der Waals surface area contributed by atoms with E-state index >= 15 is 0 Å². The van der Waals surface area contributed by atoms with E-state index in [1.165, 1.54) is 6.07 Å². The van der Waals surface area contributed by atoms with Crippen molar-refractivity contribution in [3.05, 3.63) is 57.5 Å². The Morgan fingerprint density at radius 3 is 2.73 bits per heavy atom. The lowest BCUT2D eigenvalue weighted by molar-refractivity contribution is -0.121. The zero-order valence-corrected chi connectivity index (χ0v) is 13.6. The molecule has 1 aromatic carbocycles. The van der Waals surface area contributed by atoms with Crippen molar-refractivity contribution in [1.82, 2.24) is 5.32 Å². The number of nitrogens with one attached hydrogen (secondary N) is 1. The van der Waals surface area contributed by atoms with Crippen molar-refractivity contribution < 1.29 is 19.1 Å². The fourth-order valence-corrected chi connectivity index (χ4v) is 2.51. The highest BCUT2D eigenvalue weighted by molar-refractivity contribution is 9.10. The molecule has 0 saturated carbocycles. The number of hydrogen-bond donors (Lipinski definition) is 2. The van der Waals surface area contributed by atoms with Crippen LogP contribution in [-0.4, -0.2) is 17.0 Å². The summed E-state index contributed by atoms with van der Waals surface area (Å²) in [6.07, 6.45) is 1.00. The van der Waals surface area contributed by atoms with Gasteiger partial charge in [-0.25, -0.2) is 4.79 Å². The van der Waals surface area contributed by atoms with Gasteiger partial charge < -0.3 is 14.8 Å². The number of halogens is 1. The van der Waals surface area contributed by atoms with Crippen LogP contribution in [0.2, 0.25) is 0 Å². The molecule has 0 unspecified atom stereocenters. The minimum Gasteiger partial charge on any atom is -0.478 e. The maximum absolute atomic E-state index is 11.8. The van der Waals surface area contributed by atoms with Crippen LogP contribution in [0, 0.1) is 6.92 Å². The first-order valence-electron chi connectivity index (χ1n) is 6.79. The Morgan fingerprint density at radius 1 is 1.32 bits per heavy atom. The summed E-state index contributed by atoms with van der Waals surface area (Å²) >= 11 is 3.39. The molecule has 0 fully saturated rings. The summed E-state index contributed by atoms with van der Waals surface area (Å²) in [6, 6.07) is 9.24. The van der Waals surface area contributed by atoms with E-state index in [2.05, 4.69) is 21.2 Å². The molecule has 5 nitrogen and oxygen atoms in total. The van der Waals surface area contributed by atoms with Crippen LogP contribution in [0.3, 0.4) is 0 Å². The van der Waals surface area contributed by atoms with Gasteiger partial charge in [-0.3, -0.25) is 4.79 Å². The van der Waals surface area contributed by atoms with E-state index in [9.17, 15) is 9.59 Å². The van der Waals surface area contributed by atoms with Gasteiger partial charge in [-0.2, -0.15) is 0 Å². The highest BCUT2D eigenvalue weighted by Crippen LogP contribution is 2.15. The topological polar surface area (TPSA) is 79.5 Å². The minimum absolute atomic E-state index is 0.106. The quantitative estimate of drug-likeness (QED) is 0.822. The molecule has 1 amide bonds. The molecule has 0 spiro atoms. The Hall–Kier alpha value is -2.08. The zero-order chi connectivity index (χ0) is 16.1. The van der Waals surface area contributed by atoms with Crippen molar-refractivity contribution in [3.8, 4) is 0 Å². The summed E-state index contributed by atoms with van der Waals surface area (Å²) < 4.78 is 6.29. The molecule has 0 bridgehead atoms. The van der Waals surface area contributed by atoms with Crippen molar-refractivity contribution >= 4 is 27.8 Å². The van der Waals surface area contributed by atoms with Gasteiger partial charge in [0.25, 0.3) is 0 Å². The molecular formula is C16H16BrNO4. The number of rotatable bonds is 6. The molecule has 0 aliphatic rings. The molecular weight excluding hydrogens is 350 g/mol. The van der Waals surface area contributed by atoms with Crippen LogP contribution < -0.4 is 5.32 Å². The zero-order valence-electron chi connectivity index (χ0n) is 12.1. The highest BCUT2D eigenvalue weighted by Gasteiger charge is 2.14. The first kappa shape index (κ1) is 16.3. The van der Waals surface area contributed by atoms with Crippen molar-refractivity contribution in [2.75, 3.05) is 0 Å². The van der Waals surface area contributed by atoms with Gasteiger partial charge >= 0.3 is 5.97 Å². The molecule has 2 rings (SSSR count). The van der Waals surface area contributed by atoms with E-state index in [-0.39, 0.29) is 18.0 Å². The summed E-state index contributed by atoms with van der Waals surface area (Å²) in [5, 5.41) is 11.7. The second kappa shape index (κ2) is 7.26. The largest absolute Gasteiger partial charge is 0.478 e. The Kier molecular flexibility index (Phi) is 5.38. The van der Waals surface area contributed by atoms with E-state index in [4.69, 9.17) is 9.52 Å². The molecule has 1 aromatic heterocycles. The Bertz CT molecular complexity index is 693. The van der Waals surface area contributed by atoms with E-state index in [1.807, 2.05) is 24.3 Å². The minimum atomic E-state index is -1.03. The third kappa shape index (κ3) is 4.46. The maximum atomic E-state index is 11.8. The predicted octanol–water partition coefficient (Wildman–Crippen LogP) is 3.30. The molecule has 0 atom stereocenters. The Morgan fingerprint density at radius 2 is 2.09 bits per heavy atom. The number of benzene rings is 1. The number of furan rings is 1. The number of carbonyl (C=O) groups is 2. The second-order valence-corrected chi connectivity index (χ2v) is 5.81. The van der Waals surface area contributed by atoms with Crippen LogP contribution in [0.25, 0.3) is 0 Å². The maximum Gasteiger partial charge on any atom is 0.339 e. The van der Waals surface area contributed by atoms with Crippen molar-refractivity contribution in [3.63, 3.8) is 0 Å². The number of amides is 1. The average molecular weight is 366 g/mol. The van der Waals surface area contributed by atoms with E-state index in [0.29, 0.717) is 24.4 Å². The van der Waals surface area contributed by atoms with Gasteiger partial charge in [-0.1, -0.05) is 28.1 Å². The van der Waals surface area contributed by atoms with Gasteiger partial charge in [-0.15, -0.1) is 0 Å². The van der Waals surface area contributed by atoms with Crippen molar-refractivity contribution in [1.29, 1.82) is 0 Å². The first-order valence-corrected chi connectivity index (χ1v) is 7.59. The van der Waals surface area contributed by atoms with Gasteiger partial charge in [0.15, 0.2) is 0 Å². The molecule has 0 radical (unpaired) electrons. The van der Waals surface area contributed by atoms with Crippen molar-refractivity contribution in [2.24, 2.45) is 0 Å². The fourth-order valence-electron chi connectivity index (χ4n) is 2.07. The van der Waals surface area contributed by atoms with Gasteiger partial charge in [0.05, 0.1) is 6.54 Å². The number of carboxylic acid groups (broad SMARTS) is 1. The van der Waals surface area contributed by atoms with E-state index in [1.54, 1.807) is 6.92 Å². The molecule has 0 saturated heterocycles. The normalized spacial score (nSPS) is 10.5. The number of aryl methyl sites for hydroxylation is 2. The first-order chi connectivity index (χ1) is 10.5. The molecule has 1 heterocycles. The summed E-state index contributed by atoms with van der Waals surface area (Å²) in [5.74, 6) is -0.365. The summed E-state index contributed by atoms with van der Waals surface area (Å²) in [6.45, 7) is 1.77. The molecule has 2 N–H and O–H groups in total. The summed E-state index contributed by atoms with van der Waals surface area (Å²) in [5.41, 5.74) is 1.20. The fraction of sp³-hybridized carbons (Fsp3) is 0.250. The molecule has 116 valence electrons. The van der Waals surface area contributed by atoms with E-state index in [0.717, 1.165) is 10.0 Å². The lowest BCUT2D eigenvalue weighted by Crippen LogP contribution is -2.22. The van der Waals surface area contributed by atoms with Crippen LogP contribution in [0.5, 0.6) is 0 Å². The van der Waals surface area contributed by atoms with Crippen molar-refractivity contribution in [2.45, 2.75) is 26.3 Å². The lowest BCUT2D eigenvalue weighted by Gasteiger charge is -2.04. The summed E-state index contributed by atoms with van der Waals surface area (Å²) in [7, 11) is 0. The number of carbonyl (C=O) groups excluding carboxylic acids is 1. The molecule has 0 aliphatic carbocycles. The van der Waals surface area contributed by atoms with Crippen LogP contribution in [-0.2, 0) is 17.8 Å². The average Bonchev–Trinajstić information content (AvgIpc) is 2.84. The smallest absolute Gasteiger partial charge is 0.339 e. The van der Waals surface area contributed by atoms with Gasteiger partial charge in [0, 0.05) is 10.9 Å². The predicted molar refractivity (Wildman–Crippen MR) is 84.7 cm³/mol. The van der Waals surface area contributed by atoms with Crippen LogP contribution in [0.1, 0.15) is 33.9 Å². The standard InChI is InChI=1S/C16H16BrNO4/c1-10-14(16(20)21)8-13(22-10)9-18-15(19)6-5-11-3-2-4-12(17)7-11/h2-4,7-8H,5-6,9H2,1H3,(H,18,19)(H,20,21). The third-order valence-corrected chi connectivity index (χ3v) is 3.68. The van der Waals surface area contributed by atoms with Crippen LogP contribution in [0.15, 0.2) is 39.2 Å². The number of hydrogen-bond acceptors (Lipinski definition) is 3. The van der Waals surface area contributed by atoms with E-state index < -0.39 is 5.97 Å². The van der Waals surface area contributed by atoms with Crippen LogP contribution >= 0.6 is 15.9 Å². The third-order valence-electron chi connectivity index (χ3n) is 3.19. The van der Waals surface area contributed by atoms with Crippen LogP contribution in [0.4, 0.5) is 0 Å². The number of carboxylic acids is 1. The molecule has 2 aromatic rings. The monoisotopic (exact) mass is 365 g/mol. The molecule has 22 heavy (non-hydrogen) atoms. The summed E-state index contributed by atoms with van der Waals surface area (Å²) in [4.78, 5) is 22.7. The highest BCUT2D eigenvalue weighted by atomic mass is 79.9. The molecule has 0 aliphatic heterocycles.